The third kappa shape index (κ3) is 1.73. The second-order valence-corrected chi connectivity index (χ2v) is 3.54. The molecule has 0 aliphatic heterocycles. The summed E-state index contributed by atoms with van der Waals surface area (Å²) in [5.74, 6) is -0.216. The number of hydrogen-bond donors (Lipinski definition) is 2. The molecule has 0 fully saturated rings. The Bertz CT molecular complexity index is 603. The van der Waals surface area contributed by atoms with Crippen molar-refractivity contribution in [1.29, 1.82) is 0 Å². The van der Waals surface area contributed by atoms with E-state index in [0.29, 0.717) is 0 Å². The fourth-order valence-electron chi connectivity index (χ4n) is 1.48. The van der Waals surface area contributed by atoms with Gasteiger partial charge in [0.1, 0.15) is 5.82 Å². The van der Waals surface area contributed by atoms with Gasteiger partial charge < -0.3 is 10.7 Å². The Labute approximate surface area is 93.1 Å². The monoisotopic (exact) mass is 245 g/mol. The van der Waals surface area contributed by atoms with Crippen molar-refractivity contribution in [1.82, 2.24) is 9.97 Å². The van der Waals surface area contributed by atoms with Crippen LogP contribution in [0, 0.1) is 4.77 Å². The number of fused-ring (bicyclic) bond motifs is 1. The first kappa shape index (κ1) is 10.9. The van der Waals surface area contributed by atoms with E-state index in [0.717, 1.165) is 6.07 Å². The lowest BCUT2D eigenvalue weighted by molar-refractivity contribution is -0.136. The number of H-pyrrole nitrogens is 1. The van der Waals surface area contributed by atoms with Crippen LogP contribution in [0.25, 0.3) is 10.9 Å². The van der Waals surface area contributed by atoms with Gasteiger partial charge in [0.05, 0.1) is 16.5 Å². The van der Waals surface area contributed by atoms with E-state index in [1.165, 1.54) is 12.1 Å². The molecular formula is C9H6F3N3S. The first-order valence-electron chi connectivity index (χ1n) is 4.25. The lowest BCUT2D eigenvalue weighted by Crippen LogP contribution is -2.08. The van der Waals surface area contributed by atoms with E-state index in [-0.39, 0.29) is 21.5 Å². The molecule has 0 saturated heterocycles. The van der Waals surface area contributed by atoms with Crippen molar-refractivity contribution < 1.29 is 13.2 Å². The summed E-state index contributed by atoms with van der Waals surface area (Å²) in [7, 11) is 0. The van der Waals surface area contributed by atoms with Gasteiger partial charge >= 0.3 is 6.18 Å². The minimum atomic E-state index is -4.47. The van der Waals surface area contributed by atoms with Crippen LogP contribution in [0.15, 0.2) is 18.2 Å². The molecule has 0 bridgehead atoms. The maximum Gasteiger partial charge on any atom is 0.417 e. The van der Waals surface area contributed by atoms with Gasteiger partial charge in [-0.15, -0.1) is 0 Å². The molecule has 0 unspecified atom stereocenters. The van der Waals surface area contributed by atoms with Gasteiger partial charge in [0.25, 0.3) is 0 Å². The Morgan fingerprint density at radius 2 is 2.00 bits per heavy atom. The number of benzene rings is 1. The molecule has 0 saturated carbocycles. The van der Waals surface area contributed by atoms with E-state index in [1.807, 2.05) is 0 Å². The molecule has 0 amide bonds. The van der Waals surface area contributed by atoms with E-state index < -0.39 is 11.7 Å². The number of hydrogen-bond acceptors (Lipinski definition) is 3. The van der Waals surface area contributed by atoms with Crippen LogP contribution in [0.1, 0.15) is 5.56 Å². The molecule has 3 N–H and O–H groups in total. The number of nitrogens with one attached hydrogen (secondary N) is 1. The summed E-state index contributed by atoms with van der Waals surface area (Å²) in [4.78, 5) is 6.18. The molecule has 1 heterocycles. The van der Waals surface area contributed by atoms with E-state index in [4.69, 9.17) is 18.0 Å². The summed E-state index contributed by atoms with van der Waals surface area (Å²) in [6.07, 6.45) is -4.47. The zero-order valence-corrected chi connectivity index (χ0v) is 8.62. The van der Waals surface area contributed by atoms with Crippen molar-refractivity contribution >= 4 is 28.9 Å². The molecule has 2 rings (SSSR count). The predicted molar refractivity (Wildman–Crippen MR) is 56.3 cm³/mol. The summed E-state index contributed by atoms with van der Waals surface area (Å²) >= 11 is 4.74. The van der Waals surface area contributed by atoms with Crippen LogP contribution in [0.3, 0.4) is 0 Å². The molecule has 0 aliphatic carbocycles. The minimum Gasteiger partial charge on any atom is -0.383 e. The van der Waals surface area contributed by atoms with E-state index in [1.54, 1.807) is 0 Å². The number of anilines is 1. The number of alkyl halides is 3. The molecule has 0 aliphatic rings. The summed E-state index contributed by atoms with van der Waals surface area (Å²) in [5.41, 5.74) is 4.87. The van der Waals surface area contributed by atoms with E-state index in [2.05, 4.69) is 9.97 Å². The van der Waals surface area contributed by atoms with Gasteiger partial charge in [0.2, 0.25) is 0 Å². The number of rotatable bonds is 0. The van der Waals surface area contributed by atoms with Gasteiger partial charge in [-0.1, -0.05) is 6.07 Å². The molecule has 1 aromatic carbocycles. The third-order valence-electron chi connectivity index (χ3n) is 2.09. The Balaban J connectivity index is 2.93. The van der Waals surface area contributed by atoms with E-state index >= 15 is 0 Å². The summed E-state index contributed by atoms with van der Waals surface area (Å²) in [6.45, 7) is 0. The van der Waals surface area contributed by atoms with Crippen molar-refractivity contribution in [3.05, 3.63) is 28.5 Å². The zero-order valence-electron chi connectivity index (χ0n) is 7.80. The molecule has 3 nitrogen and oxygen atoms in total. The van der Waals surface area contributed by atoms with Crippen molar-refractivity contribution in [2.45, 2.75) is 6.18 Å². The lowest BCUT2D eigenvalue weighted by Gasteiger charge is -2.11. The standard InChI is InChI=1S/C9H6F3N3S/c10-9(11,12)4-2-1-3-5-6(4)7(13)15-8(16)14-5/h1-3H,(H3,13,14,15,16). The first-order chi connectivity index (χ1) is 7.39. The highest BCUT2D eigenvalue weighted by Crippen LogP contribution is 2.35. The Hall–Kier alpha value is -1.63. The highest BCUT2D eigenvalue weighted by atomic mass is 32.1. The first-order valence-corrected chi connectivity index (χ1v) is 4.66. The Kier molecular flexibility index (Phi) is 2.34. The fourth-order valence-corrected chi connectivity index (χ4v) is 1.69. The van der Waals surface area contributed by atoms with Crippen LogP contribution in [0.2, 0.25) is 0 Å². The van der Waals surface area contributed by atoms with Crippen LogP contribution in [-0.2, 0) is 6.18 Å². The fraction of sp³-hybridized carbons (Fsp3) is 0.111. The average molecular weight is 245 g/mol. The normalized spacial score (nSPS) is 11.9. The molecule has 2 aromatic rings. The van der Waals surface area contributed by atoms with Gasteiger partial charge in [-0.2, -0.15) is 13.2 Å². The quantitative estimate of drug-likeness (QED) is 0.702. The van der Waals surface area contributed by atoms with Crippen LogP contribution in [0.4, 0.5) is 19.0 Å². The van der Waals surface area contributed by atoms with Gasteiger partial charge in [0.15, 0.2) is 4.77 Å². The predicted octanol–water partition coefficient (Wildman–Crippen LogP) is 2.89. The largest absolute Gasteiger partial charge is 0.417 e. The third-order valence-corrected chi connectivity index (χ3v) is 2.28. The highest BCUT2D eigenvalue weighted by molar-refractivity contribution is 7.71. The van der Waals surface area contributed by atoms with Crippen molar-refractivity contribution in [3.63, 3.8) is 0 Å². The van der Waals surface area contributed by atoms with Crippen LogP contribution >= 0.6 is 12.2 Å². The van der Waals surface area contributed by atoms with Crippen LogP contribution in [-0.4, -0.2) is 9.97 Å². The second kappa shape index (κ2) is 3.44. The van der Waals surface area contributed by atoms with Gasteiger partial charge in [-0.25, -0.2) is 4.98 Å². The lowest BCUT2D eigenvalue weighted by atomic mass is 10.1. The molecule has 16 heavy (non-hydrogen) atoms. The summed E-state index contributed by atoms with van der Waals surface area (Å²) < 4.78 is 38.1. The van der Waals surface area contributed by atoms with Crippen molar-refractivity contribution in [2.75, 3.05) is 5.73 Å². The van der Waals surface area contributed by atoms with E-state index in [9.17, 15) is 13.2 Å². The van der Waals surface area contributed by atoms with Gasteiger partial charge in [0, 0.05) is 0 Å². The van der Waals surface area contributed by atoms with Crippen molar-refractivity contribution in [2.24, 2.45) is 0 Å². The number of aromatic nitrogens is 2. The number of nitrogen functional groups attached to an aromatic ring is 1. The number of nitrogens with two attached hydrogens (primary N) is 1. The minimum absolute atomic E-state index is 0.0596. The van der Waals surface area contributed by atoms with Gasteiger partial charge in [-0.3, -0.25) is 0 Å². The van der Waals surface area contributed by atoms with Crippen LogP contribution in [0.5, 0.6) is 0 Å². The molecule has 0 atom stereocenters. The molecular weight excluding hydrogens is 239 g/mol. The molecule has 0 radical (unpaired) electrons. The maximum atomic E-state index is 12.7. The van der Waals surface area contributed by atoms with Crippen LogP contribution < -0.4 is 5.73 Å². The second-order valence-electron chi connectivity index (χ2n) is 3.15. The Morgan fingerprint density at radius 1 is 1.31 bits per heavy atom. The number of halogens is 3. The zero-order chi connectivity index (χ0) is 11.9. The molecule has 1 aromatic heterocycles. The molecule has 0 spiro atoms. The smallest absolute Gasteiger partial charge is 0.383 e. The molecule has 7 heteroatoms. The van der Waals surface area contributed by atoms with Gasteiger partial charge in [-0.05, 0) is 24.4 Å². The summed E-state index contributed by atoms with van der Waals surface area (Å²) in [6, 6.07) is 3.71. The summed E-state index contributed by atoms with van der Waals surface area (Å²) in [5, 5.41) is -0.149. The highest BCUT2D eigenvalue weighted by Gasteiger charge is 2.33. The number of aromatic amines is 1. The number of nitrogens with zero attached hydrogens (tertiary/aromatic N) is 1. The molecule has 84 valence electrons. The SMILES string of the molecule is Nc1nc(=S)[nH]c2cccc(C(F)(F)F)c12. The van der Waals surface area contributed by atoms with Crippen molar-refractivity contribution in [3.8, 4) is 0 Å². The Morgan fingerprint density at radius 3 is 2.62 bits per heavy atom. The average Bonchev–Trinajstić information content (AvgIpc) is 2.14. The topological polar surface area (TPSA) is 54.7 Å². The maximum absolute atomic E-state index is 12.7.